The Morgan fingerprint density at radius 2 is 1.80 bits per heavy atom. The fraction of sp³-hybridized carbons (Fsp3) is 0.556. The molecular weight excluding hydrogens is 438 g/mol. The second-order valence-electron chi connectivity index (χ2n) is 10.1. The van der Waals surface area contributed by atoms with E-state index in [9.17, 15) is 4.79 Å². The van der Waals surface area contributed by atoms with Crippen molar-refractivity contribution in [2.45, 2.75) is 58.4 Å². The first-order chi connectivity index (χ1) is 17.1. The smallest absolute Gasteiger partial charge is 0.223 e. The first-order valence-electron chi connectivity index (χ1n) is 13.1. The summed E-state index contributed by atoms with van der Waals surface area (Å²) in [5, 5.41) is 16.7. The van der Waals surface area contributed by atoms with E-state index in [1.807, 2.05) is 16.6 Å². The van der Waals surface area contributed by atoms with Gasteiger partial charge in [-0.3, -0.25) is 4.79 Å². The summed E-state index contributed by atoms with van der Waals surface area (Å²) in [7, 11) is 0. The summed E-state index contributed by atoms with van der Waals surface area (Å²) in [5.74, 6) is 1.94. The molecule has 8 heteroatoms. The maximum Gasteiger partial charge on any atom is 0.223 e. The Morgan fingerprint density at radius 3 is 2.57 bits per heavy atom. The van der Waals surface area contributed by atoms with Crippen molar-refractivity contribution in [2.75, 3.05) is 37.6 Å². The minimum absolute atomic E-state index is 0.0851. The maximum atomic E-state index is 12.7. The summed E-state index contributed by atoms with van der Waals surface area (Å²) < 4.78 is 1.82. The molecule has 2 aromatic heterocycles. The number of carbonyl (C=O) groups is 1. The number of rotatable bonds is 7. The molecule has 0 spiro atoms. The number of piperidine rings is 2. The van der Waals surface area contributed by atoms with Crippen LogP contribution in [0.25, 0.3) is 17.0 Å². The molecular formula is C27H37N7O. The Hall–Kier alpha value is -3.00. The first kappa shape index (κ1) is 23.7. The monoisotopic (exact) mass is 475 g/mol. The molecule has 2 saturated heterocycles. The van der Waals surface area contributed by atoms with Crippen LogP contribution in [0.5, 0.6) is 0 Å². The topological polar surface area (TPSA) is 78.7 Å². The molecule has 2 aliphatic rings. The molecule has 2 fully saturated rings. The SMILES string of the molecule is Cc1ccc(-c2nnc3ccc(N4CCC(C(=O)NCCCN5CCCC[C@H]5C)CC4)nn23)cc1. The van der Waals surface area contributed by atoms with E-state index < -0.39 is 0 Å². The zero-order valence-electron chi connectivity index (χ0n) is 21.0. The van der Waals surface area contributed by atoms with Crippen LogP contribution < -0.4 is 10.2 Å². The van der Waals surface area contributed by atoms with Gasteiger partial charge in [-0.25, -0.2) is 0 Å². The molecule has 2 aliphatic heterocycles. The van der Waals surface area contributed by atoms with Gasteiger partial charge in [-0.05, 0) is 64.6 Å². The van der Waals surface area contributed by atoms with Crippen LogP contribution in [0.3, 0.4) is 0 Å². The molecule has 0 radical (unpaired) electrons. The average molecular weight is 476 g/mol. The summed E-state index contributed by atoms with van der Waals surface area (Å²) in [6, 6.07) is 12.9. The quantitative estimate of drug-likeness (QED) is 0.525. The van der Waals surface area contributed by atoms with Gasteiger partial charge < -0.3 is 15.1 Å². The fourth-order valence-electron chi connectivity index (χ4n) is 5.33. The Bertz CT molecular complexity index is 1130. The third kappa shape index (κ3) is 5.48. The summed E-state index contributed by atoms with van der Waals surface area (Å²) >= 11 is 0. The number of fused-ring (bicyclic) bond motifs is 1. The zero-order valence-corrected chi connectivity index (χ0v) is 21.0. The van der Waals surface area contributed by atoms with Crippen molar-refractivity contribution in [3.8, 4) is 11.4 Å². The van der Waals surface area contributed by atoms with Gasteiger partial charge in [-0.1, -0.05) is 36.2 Å². The van der Waals surface area contributed by atoms with Crippen molar-refractivity contribution in [1.82, 2.24) is 30.0 Å². The molecule has 4 heterocycles. The predicted molar refractivity (Wildman–Crippen MR) is 138 cm³/mol. The van der Waals surface area contributed by atoms with E-state index >= 15 is 0 Å². The highest BCUT2D eigenvalue weighted by molar-refractivity contribution is 5.79. The number of anilines is 1. The Kier molecular flexibility index (Phi) is 7.27. The van der Waals surface area contributed by atoms with E-state index in [0.29, 0.717) is 6.04 Å². The van der Waals surface area contributed by atoms with E-state index in [1.54, 1.807) is 0 Å². The number of hydrogen-bond acceptors (Lipinski definition) is 6. The molecule has 1 aromatic carbocycles. The summed E-state index contributed by atoms with van der Waals surface area (Å²) in [6.07, 6.45) is 6.69. The van der Waals surface area contributed by atoms with E-state index in [0.717, 1.165) is 68.3 Å². The number of benzene rings is 1. The molecule has 0 saturated carbocycles. The van der Waals surface area contributed by atoms with Crippen molar-refractivity contribution in [3.63, 3.8) is 0 Å². The average Bonchev–Trinajstić information content (AvgIpc) is 3.31. The predicted octanol–water partition coefficient (Wildman–Crippen LogP) is 3.70. The lowest BCUT2D eigenvalue weighted by Gasteiger charge is -2.33. The molecule has 1 atom stereocenters. The fourth-order valence-corrected chi connectivity index (χ4v) is 5.33. The summed E-state index contributed by atoms with van der Waals surface area (Å²) in [5.41, 5.74) is 2.94. The Balaban J connectivity index is 1.13. The van der Waals surface area contributed by atoms with Gasteiger partial charge in [-0.15, -0.1) is 15.3 Å². The van der Waals surface area contributed by atoms with Gasteiger partial charge in [0.2, 0.25) is 5.91 Å². The molecule has 0 aliphatic carbocycles. The minimum Gasteiger partial charge on any atom is -0.356 e. The highest BCUT2D eigenvalue weighted by atomic mass is 16.1. The van der Waals surface area contributed by atoms with Crippen LogP contribution in [0, 0.1) is 12.8 Å². The highest BCUT2D eigenvalue weighted by Gasteiger charge is 2.26. The van der Waals surface area contributed by atoms with Crippen molar-refractivity contribution >= 4 is 17.4 Å². The largest absolute Gasteiger partial charge is 0.356 e. The molecule has 0 bridgehead atoms. The van der Waals surface area contributed by atoms with Gasteiger partial charge >= 0.3 is 0 Å². The first-order valence-corrected chi connectivity index (χ1v) is 13.1. The molecule has 186 valence electrons. The second-order valence-corrected chi connectivity index (χ2v) is 10.1. The van der Waals surface area contributed by atoms with Gasteiger partial charge in [0.15, 0.2) is 11.5 Å². The molecule has 35 heavy (non-hydrogen) atoms. The van der Waals surface area contributed by atoms with E-state index in [2.05, 4.69) is 63.4 Å². The van der Waals surface area contributed by atoms with Crippen LogP contribution in [-0.4, -0.2) is 69.4 Å². The lowest BCUT2D eigenvalue weighted by molar-refractivity contribution is -0.125. The van der Waals surface area contributed by atoms with Crippen LogP contribution >= 0.6 is 0 Å². The van der Waals surface area contributed by atoms with E-state index in [4.69, 9.17) is 5.10 Å². The Morgan fingerprint density at radius 1 is 1.00 bits per heavy atom. The zero-order chi connectivity index (χ0) is 24.2. The van der Waals surface area contributed by atoms with Gasteiger partial charge in [-0.2, -0.15) is 4.52 Å². The summed E-state index contributed by atoms with van der Waals surface area (Å²) in [4.78, 5) is 17.6. The van der Waals surface area contributed by atoms with Gasteiger partial charge in [0.25, 0.3) is 0 Å². The van der Waals surface area contributed by atoms with Crippen molar-refractivity contribution < 1.29 is 4.79 Å². The number of nitrogens with zero attached hydrogens (tertiary/aromatic N) is 6. The molecule has 1 amide bonds. The number of carbonyl (C=O) groups excluding carboxylic acids is 1. The van der Waals surface area contributed by atoms with Crippen LogP contribution in [0.2, 0.25) is 0 Å². The standard InChI is InChI=1S/C27H37N7O/c1-20-7-9-22(10-8-20)26-30-29-24-11-12-25(31-34(24)26)33-18-13-23(14-19-33)27(35)28-15-5-17-32-16-4-3-6-21(32)2/h7-12,21,23H,3-6,13-19H2,1-2H3,(H,28,35)/t21-/m1/s1. The lowest BCUT2D eigenvalue weighted by Crippen LogP contribution is -2.42. The minimum atomic E-state index is 0.0851. The number of aromatic nitrogens is 4. The van der Waals surface area contributed by atoms with Crippen LogP contribution in [0.1, 0.15) is 51.0 Å². The third-order valence-corrected chi connectivity index (χ3v) is 7.61. The maximum absolute atomic E-state index is 12.7. The highest BCUT2D eigenvalue weighted by Crippen LogP contribution is 2.24. The third-order valence-electron chi connectivity index (χ3n) is 7.61. The molecule has 3 aromatic rings. The number of hydrogen-bond donors (Lipinski definition) is 1. The molecule has 8 nitrogen and oxygen atoms in total. The number of amides is 1. The number of likely N-dealkylation sites (tertiary alicyclic amines) is 1. The van der Waals surface area contributed by atoms with Crippen molar-refractivity contribution in [1.29, 1.82) is 0 Å². The summed E-state index contributed by atoms with van der Waals surface area (Å²) in [6.45, 7) is 9.10. The number of aryl methyl sites for hydroxylation is 1. The second kappa shape index (κ2) is 10.7. The molecule has 1 N–H and O–H groups in total. The van der Waals surface area contributed by atoms with Crippen LogP contribution in [-0.2, 0) is 4.79 Å². The van der Waals surface area contributed by atoms with Gasteiger partial charge in [0.1, 0.15) is 5.82 Å². The molecule has 5 rings (SSSR count). The van der Waals surface area contributed by atoms with Crippen molar-refractivity contribution in [3.05, 3.63) is 42.0 Å². The Labute approximate surface area is 207 Å². The normalized spacial score (nSPS) is 19.8. The number of nitrogens with one attached hydrogen (secondary N) is 1. The van der Waals surface area contributed by atoms with Crippen LogP contribution in [0.4, 0.5) is 5.82 Å². The lowest BCUT2D eigenvalue weighted by atomic mass is 9.96. The van der Waals surface area contributed by atoms with Crippen molar-refractivity contribution in [2.24, 2.45) is 5.92 Å². The van der Waals surface area contributed by atoms with E-state index in [1.165, 1.54) is 31.4 Å². The van der Waals surface area contributed by atoms with Gasteiger partial charge in [0, 0.05) is 43.7 Å². The van der Waals surface area contributed by atoms with Crippen LogP contribution in [0.15, 0.2) is 36.4 Å². The van der Waals surface area contributed by atoms with E-state index in [-0.39, 0.29) is 11.8 Å². The van der Waals surface area contributed by atoms with Gasteiger partial charge in [0.05, 0.1) is 0 Å². The molecule has 0 unspecified atom stereocenters.